The number of piperidine rings is 1. The van der Waals surface area contributed by atoms with Gasteiger partial charge < -0.3 is 15.3 Å². The molecule has 0 radical (unpaired) electrons. The highest BCUT2D eigenvalue weighted by Crippen LogP contribution is 2.24. The van der Waals surface area contributed by atoms with Crippen LogP contribution < -0.4 is 5.32 Å². The minimum Gasteiger partial charge on any atom is -0.481 e. The van der Waals surface area contributed by atoms with Gasteiger partial charge in [-0.25, -0.2) is 0 Å². The van der Waals surface area contributed by atoms with Crippen LogP contribution in [0.1, 0.15) is 67.4 Å². The van der Waals surface area contributed by atoms with Gasteiger partial charge in [-0.15, -0.1) is 0 Å². The highest BCUT2D eigenvalue weighted by molar-refractivity contribution is 5.95. The number of aryl methyl sites for hydroxylation is 2. The molecule has 0 saturated carbocycles. The lowest BCUT2D eigenvalue weighted by Gasteiger charge is -2.36. The van der Waals surface area contributed by atoms with Gasteiger partial charge in [-0.1, -0.05) is 31.0 Å². The third-order valence-electron chi connectivity index (χ3n) is 5.78. The number of carboxylic acids is 1. The molecule has 1 aliphatic rings. The summed E-state index contributed by atoms with van der Waals surface area (Å²) in [4.78, 5) is 38.8. The summed E-state index contributed by atoms with van der Waals surface area (Å²) >= 11 is 0. The number of hydrogen-bond donors (Lipinski definition) is 2. The molecule has 2 amide bonds. The van der Waals surface area contributed by atoms with Crippen LogP contribution >= 0.6 is 0 Å². The molecule has 1 saturated heterocycles. The summed E-state index contributed by atoms with van der Waals surface area (Å²) in [5.41, 5.74) is 2.00. The Hall–Kier alpha value is -2.37. The van der Waals surface area contributed by atoms with Crippen LogP contribution in [0.5, 0.6) is 0 Å². The van der Waals surface area contributed by atoms with Gasteiger partial charge in [-0.05, 0) is 51.7 Å². The Labute approximate surface area is 167 Å². The Balaban J connectivity index is 2.10. The van der Waals surface area contributed by atoms with E-state index < -0.39 is 11.5 Å². The summed E-state index contributed by atoms with van der Waals surface area (Å²) in [5, 5.41) is 12.2. The molecule has 1 aromatic carbocycles. The molecule has 1 fully saturated rings. The van der Waals surface area contributed by atoms with Crippen LogP contribution in [0.25, 0.3) is 0 Å². The van der Waals surface area contributed by atoms with Crippen molar-refractivity contribution in [1.82, 2.24) is 10.2 Å². The van der Waals surface area contributed by atoms with Crippen LogP contribution in [-0.4, -0.2) is 46.4 Å². The number of carboxylic acid groups (broad SMARTS) is 1. The molecule has 1 aliphatic heterocycles. The van der Waals surface area contributed by atoms with Gasteiger partial charge in [0, 0.05) is 24.2 Å². The molecular weight excluding hydrogens is 356 g/mol. The van der Waals surface area contributed by atoms with Crippen molar-refractivity contribution < 1.29 is 19.5 Å². The molecule has 154 valence electrons. The van der Waals surface area contributed by atoms with Crippen molar-refractivity contribution >= 4 is 17.8 Å². The maximum absolute atomic E-state index is 12.9. The summed E-state index contributed by atoms with van der Waals surface area (Å²) < 4.78 is 0. The van der Waals surface area contributed by atoms with E-state index in [-0.39, 0.29) is 24.2 Å². The second-order valence-electron chi connectivity index (χ2n) is 8.01. The Morgan fingerprint density at radius 3 is 2.29 bits per heavy atom. The van der Waals surface area contributed by atoms with E-state index in [9.17, 15) is 19.5 Å². The maximum atomic E-state index is 12.9. The third kappa shape index (κ3) is 5.33. The summed E-state index contributed by atoms with van der Waals surface area (Å²) in [7, 11) is 0. The standard InChI is InChI=1S/C22H32N2O4/c1-5-22(6-2,13-19(25)26)23-20(27)17-8-7-9-24(14-17)21(28)18-11-15(3)10-16(4)12-18/h10-12,17H,5-9,13-14H2,1-4H3,(H,23,27)(H,25,26). The minimum atomic E-state index is -0.917. The first kappa shape index (κ1) is 21.9. The van der Waals surface area contributed by atoms with Crippen molar-refractivity contribution in [3.05, 3.63) is 34.9 Å². The van der Waals surface area contributed by atoms with E-state index in [2.05, 4.69) is 5.32 Å². The van der Waals surface area contributed by atoms with Crippen LogP contribution in [-0.2, 0) is 9.59 Å². The van der Waals surface area contributed by atoms with Gasteiger partial charge in [-0.2, -0.15) is 0 Å². The van der Waals surface area contributed by atoms with Crippen LogP contribution in [0.3, 0.4) is 0 Å². The largest absolute Gasteiger partial charge is 0.481 e. The van der Waals surface area contributed by atoms with Gasteiger partial charge in [0.2, 0.25) is 5.91 Å². The Morgan fingerprint density at radius 2 is 1.75 bits per heavy atom. The molecule has 0 bridgehead atoms. The van der Waals surface area contributed by atoms with E-state index in [1.807, 2.05) is 45.9 Å². The first-order valence-electron chi connectivity index (χ1n) is 10.1. The fourth-order valence-electron chi connectivity index (χ4n) is 4.03. The molecule has 6 heteroatoms. The monoisotopic (exact) mass is 388 g/mol. The predicted molar refractivity (Wildman–Crippen MR) is 108 cm³/mol. The highest BCUT2D eigenvalue weighted by Gasteiger charge is 2.35. The van der Waals surface area contributed by atoms with Crippen molar-refractivity contribution in [2.45, 2.75) is 65.3 Å². The lowest BCUT2D eigenvalue weighted by Crippen LogP contribution is -2.53. The van der Waals surface area contributed by atoms with Gasteiger partial charge >= 0.3 is 5.97 Å². The number of likely N-dealkylation sites (tertiary alicyclic amines) is 1. The fraction of sp³-hybridized carbons (Fsp3) is 0.591. The number of rotatable bonds is 7. The highest BCUT2D eigenvalue weighted by atomic mass is 16.4. The number of nitrogens with one attached hydrogen (secondary N) is 1. The summed E-state index contributed by atoms with van der Waals surface area (Å²) in [6.07, 6.45) is 2.49. The number of hydrogen-bond acceptors (Lipinski definition) is 3. The van der Waals surface area contributed by atoms with Crippen LogP contribution in [0.2, 0.25) is 0 Å². The second-order valence-corrected chi connectivity index (χ2v) is 8.01. The number of benzene rings is 1. The molecule has 6 nitrogen and oxygen atoms in total. The zero-order valence-electron chi connectivity index (χ0n) is 17.4. The van der Waals surface area contributed by atoms with E-state index in [1.54, 1.807) is 4.90 Å². The topological polar surface area (TPSA) is 86.7 Å². The molecule has 1 atom stereocenters. The van der Waals surface area contributed by atoms with Gasteiger partial charge in [0.15, 0.2) is 0 Å². The Morgan fingerprint density at radius 1 is 1.14 bits per heavy atom. The van der Waals surface area contributed by atoms with E-state index in [1.165, 1.54) is 0 Å². The first-order valence-corrected chi connectivity index (χ1v) is 10.1. The SMILES string of the molecule is CCC(CC)(CC(=O)O)NC(=O)C1CCCN(C(=O)c2cc(C)cc(C)c2)C1. The van der Waals surface area contributed by atoms with Crippen molar-refractivity contribution in [1.29, 1.82) is 0 Å². The number of nitrogens with zero attached hydrogens (tertiary/aromatic N) is 1. The molecule has 1 aromatic rings. The molecular formula is C22H32N2O4. The van der Waals surface area contributed by atoms with Crippen molar-refractivity contribution in [3.8, 4) is 0 Å². The predicted octanol–water partition coefficient (Wildman–Crippen LogP) is 3.31. The number of carbonyl (C=O) groups is 3. The number of aliphatic carboxylic acids is 1. The second kappa shape index (κ2) is 9.22. The molecule has 0 aromatic heterocycles. The van der Waals surface area contributed by atoms with E-state index in [4.69, 9.17) is 0 Å². The normalized spacial score (nSPS) is 17.3. The third-order valence-corrected chi connectivity index (χ3v) is 5.78. The fourth-order valence-corrected chi connectivity index (χ4v) is 4.03. The van der Waals surface area contributed by atoms with Crippen LogP contribution in [0.15, 0.2) is 18.2 Å². The Kier molecular flexibility index (Phi) is 7.22. The maximum Gasteiger partial charge on any atom is 0.305 e. The van der Waals surface area contributed by atoms with Crippen LogP contribution in [0, 0.1) is 19.8 Å². The van der Waals surface area contributed by atoms with Gasteiger partial charge in [0.05, 0.1) is 12.3 Å². The zero-order chi connectivity index (χ0) is 20.9. The van der Waals surface area contributed by atoms with E-state index in [0.717, 1.165) is 17.5 Å². The first-order chi connectivity index (χ1) is 13.2. The molecule has 0 spiro atoms. The molecule has 1 heterocycles. The Bertz CT molecular complexity index is 720. The summed E-state index contributed by atoms with van der Waals surface area (Å²) in [5.74, 6) is -1.43. The minimum absolute atomic E-state index is 0.0490. The average Bonchev–Trinajstić information content (AvgIpc) is 2.65. The van der Waals surface area contributed by atoms with Gasteiger partial charge in [0.1, 0.15) is 0 Å². The van der Waals surface area contributed by atoms with Gasteiger partial charge in [-0.3, -0.25) is 14.4 Å². The van der Waals surface area contributed by atoms with Crippen molar-refractivity contribution in [3.63, 3.8) is 0 Å². The number of carbonyl (C=O) groups excluding carboxylic acids is 2. The van der Waals surface area contributed by atoms with Crippen molar-refractivity contribution in [2.75, 3.05) is 13.1 Å². The smallest absolute Gasteiger partial charge is 0.305 e. The lowest BCUT2D eigenvalue weighted by atomic mass is 9.87. The van der Waals surface area contributed by atoms with Gasteiger partial charge in [0.25, 0.3) is 5.91 Å². The van der Waals surface area contributed by atoms with Crippen molar-refractivity contribution in [2.24, 2.45) is 5.92 Å². The summed E-state index contributed by atoms with van der Waals surface area (Å²) in [6, 6.07) is 5.79. The molecule has 28 heavy (non-hydrogen) atoms. The zero-order valence-corrected chi connectivity index (χ0v) is 17.4. The molecule has 2 N–H and O–H groups in total. The van der Waals surface area contributed by atoms with Crippen LogP contribution in [0.4, 0.5) is 0 Å². The average molecular weight is 389 g/mol. The molecule has 2 rings (SSSR count). The van der Waals surface area contributed by atoms with E-state index >= 15 is 0 Å². The van der Waals surface area contributed by atoms with E-state index in [0.29, 0.717) is 37.9 Å². The molecule has 1 unspecified atom stereocenters. The lowest BCUT2D eigenvalue weighted by molar-refractivity contribution is -0.139. The molecule has 0 aliphatic carbocycles. The quantitative estimate of drug-likeness (QED) is 0.750. The summed E-state index contributed by atoms with van der Waals surface area (Å²) in [6.45, 7) is 8.72. The number of amides is 2.